The van der Waals surface area contributed by atoms with Crippen LogP contribution in [0.5, 0.6) is 0 Å². The Kier molecular flexibility index (Phi) is 6.44. The Hall–Kier alpha value is -1.35. The molecule has 0 saturated carbocycles. The number of benzene rings is 1. The molecule has 0 spiro atoms. The van der Waals surface area contributed by atoms with Gasteiger partial charge in [0.2, 0.25) is 5.91 Å². The largest absolute Gasteiger partial charge is 0.325 e. The number of carbonyl (C=O) groups excluding carboxylic acids is 1. The molecular weight excluding hydrogens is 224 g/mol. The Morgan fingerprint density at radius 2 is 1.89 bits per heavy atom. The molecule has 2 N–H and O–H groups in total. The topological polar surface area (TPSA) is 41.1 Å². The van der Waals surface area contributed by atoms with Crippen LogP contribution in [0.4, 0.5) is 5.69 Å². The van der Waals surface area contributed by atoms with Crippen LogP contribution in [-0.4, -0.2) is 18.5 Å². The van der Waals surface area contributed by atoms with Crippen molar-refractivity contribution in [3.05, 3.63) is 29.8 Å². The zero-order valence-corrected chi connectivity index (χ0v) is 11.6. The summed E-state index contributed by atoms with van der Waals surface area (Å²) < 4.78 is 0. The number of nitrogens with one attached hydrogen (secondary N) is 2. The number of amides is 1. The van der Waals surface area contributed by atoms with Gasteiger partial charge in [-0.05, 0) is 30.5 Å². The van der Waals surface area contributed by atoms with Crippen molar-refractivity contribution in [3.8, 4) is 0 Å². The van der Waals surface area contributed by atoms with Gasteiger partial charge in [-0.2, -0.15) is 0 Å². The van der Waals surface area contributed by atoms with Gasteiger partial charge in [-0.1, -0.05) is 39.3 Å². The second-order valence-corrected chi connectivity index (χ2v) is 4.88. The molecule has 0 fully saturated rings. The fourth-order valence-electron chi connectivity index (χ4n) is 1.64. The maximum Gasteiger partial charge on any atom is 0.238 e. The first-order valence-corrected chi connectivity index (χ1v) is 6.74. The summed E-state index contributed by atoms with van der Waals surface area (Å²) in [5.41, 5.74) is 2.20. The molecule has 1 amide bonds. The van der Waals surface area contributed by atoms with E-state index in [9.17, 15) is 4.79 Å². The van der Waals surface area contributed by atoms with Gasteiger partial charge in [-0.25, -0.2) is 0 Å². The van der Waals surface area contributed by atoms with Crippen LogP contribution in [0.25, 0.3) is 0 Å². The summed E-state index contributed by atoms with van der Waals surface area (Å²) in [5.74, 6) is 0.00464. The molecule has 1 aromatic carbocycles. The SMILES string of the molecule is CCCCc1ccc(NC(=O)CNC(C)C)cc1. The van der Waals surface area contributed by atoms with E-state index in [2.05, 4.69) is 29.7 Å². The first kappa shape index (κ1) is 14.7. The molecular formula is C15H24N2O. The average molecular weight is 248 g/mol. The first-order valence-electron chi connectivity index (χ1n) is 6.74. The van der Waals surface area contributed by atoms with Crippen molar-refractivity contribution in [1.29, 1.82) is 0 Å². The van der Waals surface area contributed by atoms with Crippen LogP contribution >= 0.6 is 0 Å². The number of hydrogen-bond acceptors (Lipinski definition) is 2. The predicted molar refractivity (Wildman–Crippen MR) is 76.8 cm³/mol. The van der Waals surface area contributed by atoms with E-state index < -0.39 is 0 Å². The Morgan fingerprint density at radius 1 is 1.22 bits per heavy atom. The highest BCUT2D eigenvalue weighted by Crippen LogP contribution is 2.11. The van der Waals surface area contributed by atoms with Crippen molar-refractivity contribution in [2.45, 2.75) is 46.1 Å². The van der Waals surface area contributed by atoms with Crippen molar-refractivity contribution in [2.24, 2.45) is 0 Å². The van der Waals surface area contributed by atoms with Gasteiger partial charge >= 0.3 is 0 Å². The smallest absolute Gasteiger partial charge is 0.238 e. The monoisotopic (exact) mass is 248 g/mol. The number of hydrogen-bond donors (Lipinski definition) is 2. The fourth-order valence-corrected chi connectivity index (χ4v) is 1.64. The standard InChI is InChI=1S/C15H24N2O/c1-4-5-6-13-7-9-14(10-8-13)17-15(18)11-16-12(2)3/h7-10,12,16H,4-6,11H2,1-3H3,(H,17,18). The first-order chi connectivity index (χ1) is 8.61. The van der Waals surface area contributed by atoms with E-state index in [0.29, 0.717) is 12.6 Å². The lowest BCUT2D eigenvalue weighted by molar-refractivity contribution is -0.115. The normalized spacial score (nSPS) is 10.7. The molecule has 0 unspecified atom stereocenters. The molecule has 0 aliphatic heterocycles. The summed E-state index contributed by atoms with van der Waals surface area (Å²) in [6.07, 6.45) is 3.53. The van der Waals surface area contributed by atoms with E-state index in [-0.39, 0.29) is 5.91 Å². The van der Waals surface area contributed by atoms with Crippen LogP contribution in [0.1, 0.15) is 39.2 Å². The van der Waals surface area contributed by atoms with Gasteiger partial charge in [0.15, 0.2) is 0 Å². The Labute approximate surface area is 110 Å². The molecule has 100 valence electrons. The van der Waals surface area contributed by atoms with E-state index in [0.717, 1.165) is 12.1 Å². The minimum absolute atomic E-state index is 0.00464. The minimum atomic E-state index is 0.00464. The molecule has 0 bridgehead atoms. The molecule has 18 heavy (non-hydrogen) atoms. The third-order valence-electron chi connectivity index (χ3n) is 2.73. The van der Waals surface area contributed by atoms with Crippen LogP contribution in [-0.2, 0) is 11.2 Å². The number of anilines is 1. The van der Waals surface area contributed by atoms with Gasteiger partial charge in [-0.3, -0.25) is 4.79 Å². The molecule has 0 atom stereocenters. The Bertz CT molecular complexity index is 357. The molecule has 0 radical (unpaired) electrons. The van der Waals surface area contributed by atoms with E-state index >= 15 is 0 Å². The van der Waals surface area contributed by atoms with Crippen molar-refractivity contribution >= 4 is 11.6 Å². The lowest BCUT2D eigenvalue weighted by Gasteiger charge is -2.09. The molecule has 0 aliphatic carbocycles. The maximum absolute atomic E-state index is 11.6. The Morgan fingerprint density at radius 3 is 2.44 bits per heavy atom. The maximum atomic E-state index is 11.6. The second kappa shape index (κ2) is 7.88. The molecule has 3 heteroatoms. The highest BCUT2D eigenvalue weighted by molar-refractivity contribution is 5.92. The van der Waals surface area contributed by atoms with Crippen molar-refractivity contribution in [2.75, 3.05) is 11.9 Å². The number of aryl methyl sites for hydroxylation is 1. The Balaban J connectivity index is 2.40. The summed E-state index contributed by atoms with van der Waals surface area (Å²) in [6, 6.07) is 8.44. The quantitative estimate of drug-likeness (QED) is 0.779. The molecule has 0 aliphatic rings. The molecule has 0 heterocycles. The zero-order valence-electron chi connectivity index (χ0n) is 11.6. The summed E-state index contributed by atoms with van der Waals surface area (Å²) in [6.45, 7) is 6.59. The van der Waals surface area contributed by atoms with Crippen molar-refractivity contribution in [3.63, 3.8) is 0 Å². The van der Waals surface area contributed by atoms with E-state index in [1.54, 1.807) is 0 Å². The van der Waals surface area contributed by atoms with Crippen LogP contribution in [0.3, 0.4) is 0 Å². The lowest BCUT2D eigenvalue weighted by atomic mass is 10.1. The number of carbonyl (C=O) groups is 1. The third-order valence-corrected chi connectivity index (χ3v) is 2.73. The van der Waals surface area contributed by atoms with Gasteiger partial charge in [-0.15, -0.1) is 0 Å². The summed E-state index contributed by atoms with van der Waals surface area (Å²) in [5, 5.41) is 5.97. The summed E-state index contributed by atoms with van der Waals surface area (Å²) in [7, 11) is 0. The fraction of sp³-hybridized carbons (Fsp3) is 0.533. The summed E-state index contributed by atoms with van der Waals surface area (Å²) in [4.78, 5) is 11.6. The van der Waals surface area contributed by atoms with E-state index in [1.165, 1.54) is 18.4 Å². The minimum Gasteiger partial charge on any atom is -0.325 e. The summed E-state index contributed by atoms with van der Waals surface area (Å²) >= 11 is 0. The van der Waals surface area contributed by atoms with Crippen molar-refractivity contribution in [1.82, 2.24) is 5.32 Å². The van der Waals surface area contributed by atoms with Gasteiger partial charge in [0, 0.05) is 11.7 Å². The van der Waals surface area contributed by atoms with Crippen LogP contribution < -0.4 is 10.6 Å². The zero-order chi connectivity index (χ0) is 13.4. The molecule has 1 aromatic rings. The van der Waals surface area contributed by atoms with E-state index in [4.69, 9.17) is 0 Å². The molecule has 1 rings (SSSR count). The van der Waals surface area contributed by atoms with Crippen molar-refractivity contribution < 1.29 is 4.79 Å². The van der Waals surface area contributed by atoms with Gasteiger partial charge in [0.1, 0.15) is 0 Å². The van der Waals surface area contributed by atoms with Gasteiger partial charge in [0.05, 0.1) is 6.54 Å². The number of rotatable bonds is 7. The highest BCUT2D eigenvalue weighted by Gasteiger charge is 2.02. The van der Waals surface area contributed by atoms with Crippen LogP contribution in [0.15, 0.2) is 24.3 Å². The van der Waals surface area contributed by atoms with Gasteiger partial charge < -0.3 is 10.6 Å². The van der Waals surface area contributed by atoms with Gasteiger partial charge in [0.25, 0.3) is 0 Å². The van der Waals surface area contributed by atoms with E-state index in [1.807, 2.05) is 26.0 Å². The average Bonchev–Trinajstić information content (AvgIpc) is 2.35. The predicted octanol–water partition coefficient (Wildman–Crippen LogP) is 2.97. The second-order valence-electron chi connectivity index (χ2n) is 4.88. The third kappa shape index (κ3) is 5.82. The number of unbranched alkanes of at least 4 members (excludes halogenated alkanes) is 1. The highest BCUT2D eigenvalue weighted by atomic mass is 16.1. The van der Waals surface area contributed by atoms with Crippen LogP contribution in [0.2, 0.25) is 0 Å². The molecule has 0 aromatic heterocycles. The van der Waals surface area contributed by atoms with Crippen LogP contribution in [0, 0.1) is 0 Å². The molecule has 3 nitrogen and oxygen atoms in total. The lowest BCUT2D eigenvalue weighted by Crippen LogP contribution is -2.32. The molecule has 0 saturated heterocycles.